The Hall–Kier alpha value is -3.07. The second kappa shape index (κ2) is 10.0. The summed E-state index contributed by atoms with van der Waals surface area (Å²) < 4.78 is 384. The van der Waals surface area contributed by atoms with Crippen LogP contribution in [0.15, 0.2) is 0 Å². The number of alkyl halides is 24. The van der Waals surface area contributed by atoms with Crippen molar-refractivity contribution in [1.82, 2.24) is 0 Å². The molecule has 0 N–H and O–H groups in total. The number of hydrogen-bond acceptors (Lipinski definition) is 1. The van der Waals surface area contributed by atoms with Gasteiger partial charge in [0.1, 0.15) is 0 Å². The van der Waals surface area contributed by atoms with Gasteiger partial charge in [-0.2, -0.15) is 101 Å². The molecule has 0 spiro atoms. The Morgan fingerprint density at radius 3 is 1.02 bits per heavy atom. The average Bonchev–Trinajstić information content (AvgIpc) is 2.90. The third-order valence-corrected chi connectivity index (χ3v) is 6.50. The van der Waals surface area contributed by atoms with Gasteiger partial charge in [-0.25, -0.2) is 22.0 Å². The van der Waals surface area contributed by atoms with Gasteiger partial charge >= 0.3 is 71.1 Å². The van der Waals surface area contributed by atoms with Crippen molar-refractivity contribution < 1.29 is 128 Å². The molecule has 0 amide bonds. The summed E-state index contributed by atoms with van der Waals surface area (Å²) in [6.45, 7) is 0. The van der Waals surface area contributed by atoms with E-state index in [2.05, 4.69) is 0 Å². The summed E-state index contributed by atoms with van der Waals surface area (Å²) in [6.07, 6.45) is -8.27. The number of halogens is 28. The molecule has 0 radical (unpaired) electrons. The first kappa shape index (κ1) is 41.1. The molecule has 0 bridgehead atoms. The Bertz CT molecular complexity index is 1500. The standard InChI is InChI=1S/C19F28O/c20-3-1-2(4(21)6(23)5(3)22)9(25,26)10(27,28)8(24,7(1)48)11(29,30)12(31,32)13(33,34)14(35,36)15(37,38)16(39,40)17(41,42)18(43,44)19(45,46)47. The van der Waals surface area contributed by atoms with Crippen LogP contribution < -0.4 is 0 Å². The minimum Gasteiger partial charge on any atom is -0.290 e. The molecule has 1 nitrogen and oxygen atoms in total. The number of Topliss-reactive ketones (excluding diaryl/α,β-unsaturated/α-hetero) is 1. The highest BCUT2D eigenvalue weighted by atomic mass is 19.4. The predicted molar refractivity (Wildman–Crippen MR) is 88.9 cm³/mol. The molecular formula is C19F28O. The van der Waals surface area contributed by atoms with Gasteiger partial charge in [-0.15, -0.1) is 0 Å². The van der Waals surface area contributed by atoms with Gasteiger partial charge in [0, 0.05) is 0 Å². The fourth-order valence-corrected chi connectivity index (χ4v) is 3.74. The highest BCUT2D eigenvalue weighted by Crippen LogP contribution is 2.69. The molecule has 0 fully saturated rings. The van der Waals surface area contributed by atoms with E-state index < -0.39 is 111 Å². The maximum atomic E-state index is 15.1. The van der Waals surface area contributed by atoms with Crippen molar-refractivity contribution in [2.45, 2.75) is 71.1 Å². The normalized spacial score (nSPS) is 21.8. The van der Waals surface area contributed by atoms with Crippen molar-refractivity contribution in [1.29, 1.82) is 0 Å². The topological polar surface area (TPSA) is 17.1 Å². The first-order chi connectivity index (χ1) is 20.5. The van der Waals surface area contributed by atoms with E-state index >= 15 is 4.39 Å². The van der Waals surface area contributed by atoms with E-state index in [0.717, 1.165) is 0 Å². The van der Waals surface area contributed by atoms with Crippen molar-refractivity contribution in [2.24, 2.45) is 0 Å². The minimum atomic E-state index is -9.80. The van der Waals surface area contributed by atoms with Gasteiger partial charge in [-0.1, -0.05) is 0 Å². The van der Waals surface area contributed by atoms with Crippen LogP contribution in [0.3, 0.4) is 0 Å². The number of benzene rings is 1. The van der Waals surface area contributed by atoms with Crippen molar-refractivity contribution in [3.8, 4) is 0 Å². The second-order valence-electron chi connectivity index (χ2n) is 9.24. The summed E-state index contributed by atoms with van der Waals surface area (Å²) in [6, 6.07) is 0. The molecule has 0 aliphatic heterocycles. The molecule has 1 aromatic rings. The molecule has 1 aromatic carbocycles. The third-order valence-electron chi connectivity index (χ3n) is 6.50. The maximum absolute atomic E-state index is 15.1. The molecule has 0 heterocycles. The lowest BCUT2D eigenvalue weighted by Gasteiger charge is -2.49. The zero-order valence-corrected chi connectivity index (χ0v) is 20.5. The van der Waals surface area contributed by atoms with Gasteiger partial charge in [0.15, 0.2) is 23.3 Å². The first-order valence-electron chi connectivity index (χ1n) is 10.5. The molecular weight excluding hydrogens is 776 g/mol. The second-order valence-corrected chi connectivity index (χ2v) is 9.24. The van der Waals surface area contributed by atoms with Gasteiger partial charge in [0.2, 0.25) is 5.78 Å². The van der Waals surface area contributed by atoms with E-state index in [1.807, 2.05) is 0 Å². The lowest BCUT2D eigenvalue weighted by molar-refractivity contribution is -0.474. The lowest BCUT2D eigenvalue weighted by Crippen LogP contribution is -2.80. The van der Waals surface area contributed by atoms with Crippen LogP contribution >= 0.6 is 0 Å². The first-order valence-corrected chi connectivity index (χ1v) is 10.5. The van der Waals surface area contributed by atoms with E-state index in [9.17, 15) is 123 Å². The number of hydrogen-bond donors (Lipinski definition) is 0. The summed E-state index contributed by atoms with van der Waals surface area (Å²) >= 11 is 0. The molecule has 29 heteroatoms. The predicted octanol–water partition coefficient (Wildman–Crippen LogP) is 9.52. The number of carbonyl (C=O) groups is 1. The van der Waals surface area contributed by atoms with Crippen LogP contribution in [0, 0.1) is 23.3 Å². The smallest absolute Gasteiger partial charge is 0.290 e. The van der Waals surface area contributed by atoms with Crippen LogP contribution in [0.5, 0.6) is 0 Å². The molecule has 0 saturated carbocycles. The van der Waals surface area contributed by atoms with Crippen molar-refractivity contribution >= 4 is 5.78 Å². The molecule has 48 heavy (non-hydrogen) atoms. The van der Waals surface area contributed by atoms with Gasteiger partial charge in [0.25, 0.3) is 0 Å². The molecule has 1 unspecified atom stereocenters. The number of fused-ring (bicyclic) bond motifs is 1. The molecule has 0 aromatic heterocycles. The largest absolute Gasteiger partial charge is 0.460 e. The van der Waals surface area contributed by atoms with E-state index in [4.69, 9.17) is 0 Å². The van der Waals surface area contributed by atoms with Gasteiger partial charge < -0.3 is 0 Å². The molecule has 1 atom stereocenters. The summed E-state index contributed by atoms with van der Waals surface area (Å²) in [5.74, 6) is -113. The molecule has 1 aliphatic carbocycles. The fourth-order valence-electron chi connectivity index (χ4n) is 3.74. The Balaban J connectivity index is 3.00. The number of carbonyl (C=O) groups excluding carboxylic acids is 1. The minimum absolute atomic E-state index is 3.71. The molecule has 278 valence electrons. The van der Waals surface area contributed by atoms with Gasteiger partial charge in [0.05, 0.1) is 11.1 Å². The summed E-state index contributed by atoms with van der Waals surface area (Å²) in [5.41, 5.74) is -16.8. The van der Waals surface area contributed by atoms with Crippen molar-refractivity contribution in [3.63, 3.8) is 0 Å². The average molecular weight is 776 g/mol. The molecule has 2 rings (SSSR count). The summed E-state index contributed by atoms with van der Waals surface area (Å²) in [4.78, 5) is 12.0. The number of ketones is 1. The van der Waals surface area contributed by atoms with Crippen LogP contribution in [-0.2, 0) is 5.92 Å². The quantitative estimate of drug-likeness (QED) is 0.146. The van der Waals surface area contributed by atoms with E-state index in [1.165, 1.54) is 0 Å². The van der Waals surface area contributed by atoms with Crippen LogP contribution in [0.1, 0.15) is 15.9 Å². The highest BCUT2D eigenvalue weighted by molar-refractivity contribution is 6.07. The maximum Gasteiger partial charge on any atom is 0.460 e. The van der Waals surface area contributed by atoms with Crippen molar-refractivity contribution in [3.05, 3.63) is 34.4 Å². The fraction of sp³-hybridized carbons (Fsp3) is 0.632. The van der Waals surface area contributed by atoms with Crippen molar-refractivity contribution in [2.75, 3.05) is 0 Å². The third kappa shape index (κ3) is 4.08. The summed E-state index contributed by atoms with van der Waals surface area (Å²) in [7, 11) is 0. The SMILES string of the molecule is O=C1c2c(F)c(F)c(F)c(F)c2C(F)(F)C(F)(F)C1(F)C(F)(F)C(F)(F)C(F)(F)C(F)(F)C(F)(F)C(F)(F)C(F)(F)C(F)(F)C(F)(F)F. The van der Waals surface area contributed by atoms with Crippen LogP contribution in [0.2, 0.25) is 0 Å². The van der Waals surface area contributed by atoms with Crippen LogP contribution in [-0.4, -0.2) is 70.9 Å². The van der Waals surface area contributed by atoms with E-state index in [1.54, 1.807) is 0 Å². The Kier molecular flexibility index (Phi) is 8.57. The Morgan fingerprint density at radius 1 is 0.396 bits per heavy atom. The summed E-state index contributed by atoms with van der Waals surface area (Å²) in [5, 5.41) is 0. The Morgan fingerprint density at radius 2 is 0.688 bits per heavy atom. The van der Waals surface area contributed by atoms with E-state index in [-0.39, 0.29) is 0 Å². The number of rotatable bonds is 8. The van der Waals surface area contributed by atoms with Crippen LogP contribution in [0.25, 0.3) is 0 Å². The zero-order valence-electron chi connectivity index (χ0n) is 20.5. The van der Waals surface area contributed by atoms with Gasteiger partial charge in [-0.05, 0) is 0 Å². The van der Waals surface area contributed by atoms with Crippen LogP contribution in [0.4, 0.5) is 123 Å². The highest BCUT2D eigenvalue weighted by Gasteiger charge is 3.00. The lowest BCUT2D eigenvalue weighted by atomic mass is 9.69. The molecule has 1 aliphatic rings. The van der Waals surface area contributed by atoms with E-state index in [0.29, 0.717) is 0 Å². The molecule has 0 saturated heterocycles. The van der Waals surface area contributed by atoms with Gasteiger partial charge in [-0.3, -0.25) is 4.79 Å². The zero-order chi connectivity index (χ0) is 39.0. The monoisotopic (exact) mass is 776 g/mol. The Labute approximate surface area is 240 Å².